The first-order valence-electron chi connectivity index (χ1n) is 8.12. The Bertz CT molecular complexity index is 796. The van der Waals surface area contributed by atoms with Gasteiger partial charge in [-0.25, -0.2) is 8.42 Å². The molecular weight excluding hydrogens is 330 g/mol. The van der Waals surface area contributed by atoms with Crippen LogP contribution in [0.15, 0.2) is 15.4 Å². The van der Waals surface area contributed by atoms with Crippen molar-refractivity contribution in [3.05, 3.63) is 17.6 Å². The first kappa shape index (κ1) is 17.0. The van der Waals surface area contributed by atoms with Gasteiger partial charge in [-0.1, -0.05) is 0 Å². The second-order valence-electron chi connectivity index (χ2n) is 6.50. The number of furan rings is 1. The highest BCUT2D eigenvalue weighted by Crippen LogP contribution is 2.37. The second-order valence-corrected chi connectivity index (χ2v) is 8.41. The number of carbonyl (C=O) groups excluding carboxylic acids is 1. The molecule has 0 radical (unpaired) electrons. The van der Waals surface area contributed by atoms with E-state index in [9.17, 15) is 18.5 Å². The third-order valence-electron chi connectivity index (χ3n) is 5.10. The number of hydrogen-bond acceptors (Lipinski definition) is 5. The molecule has 1 aromatic heterocycles. The monoisotopic (exact) mass is 351 g/mol. The Hall–Kier alpha value is -1.85. The van der Waals surface area contributed by atoms with Crippen molar-refractivity contribution in [2.24, 2.45) is 0 Å². The lowest BCUT2D eigenvalue weighted by Gasteiger charge is -2.42. The minimum absolute atomic E-state index is 0.0331. The fraction of sp³-hybridized carbons (Fsp3) is 0.625. The molecule has 1 aliphatic carbocycles. The van der Waals surface area contributed by atoms with Crippen LogP contribution in [-0.4, -0.2) is 49.2 Å². The van der Waals surface area contributed by atoms with E-state index in [2.05, 4.69) is 6.07 Å². The third-order valence-corrected chi connectivity index (χ3v) is 7.11. The Morgan fingerprint density at radius 1 is 1.33 bits per heavy atom. The van der Waals surface area contributed by atoms with Gasteiger partial charge in [0.25, 0.3) is 5.91 Å². The van der Waals surface area contributed by atoms with Gasteiger partial charge in [0.05, 0.1) is 6.07 Å². The predicted octanol–water partition coefficient (Wildman–Crippen LogP) is 1.89. The lowest BCUT2D eigenvalue weighted by Crippen LogP contribution is -2.53. The number of nitriles is 1. The zero-order chi connectivity index (χ0) is 17.5. The molecule has 24 heavy (non-hydrogen) atoms. The molecule has 1 aliphatic heterocycles. The normalized spacial score (nSPS) is 20.4. The van der Waals surface area contributed by atoms with Gasteiger partial charge in [-0.2, -0.15) is 9.57 Å². The quantitative estimate of drug-likeness (QED) is 0.825. The van der Waals surface area contributed by atoms with E-state index < -0.39 is 21.5 Å². The average Bonchev–Trinajstić information content (AvgIpc) is 3.15. The molecule has 0 bridgehead atoms. The van der Waals surface area contributed by atoms with Crippen molar-refractivity contribution in [1.29, 1.82) is 5.26 Å². The SMILES string of the molecule is Cc1oc(C(=O)N(C)C2(C#N)CCC2)cc1S(=O)(=O)N1CCCC1. The molecular formula is C16H21N3O4S. The number of amides is 1. The minimum atomic E-state index is -3.64. The van der Waals surface area contributed by atoms with E-state index in [1.165, 1.54) is 15.3 Å². The van der Waals surface area contributed by atoms with Crippen molar-refractivity contribution in [3.63, 3.8) is 0 Å². The highest BCUT2D eigenvalue weighted by atomic mass is 32.2. The van der Waals surface area contributed by atoms with Crippen LogP contribution in [0.25, 0.3) is 0 Å². The van der Waals surface area contributed by atoms with Crippen LogP contribution >= 0.6 is 0 Å². The Morgan fingerprint density at radius 2 is 1.96 bits per heavy atom. The van der Waals surface area contributed by atoms with Crippen LogP contribution in [0.5, 0.6) is 0 Å². The molecule has 0 atom stereocenters. The van der Waals surface area contributed by atoms with Gasteiger partial charge >= 0.3 is 0 Å². The molecule has 0 aromatic carbocycles. The molecule has 1 aromatic rings. The molecule has 3 rings (SSSR count). The van der Waals surface area contributed by atoms with Crippen LogP contribution < -0.4 is 0 Å². The maximum absolute atomic E-state index is 12.7. The molecule has 1 amide bonds. The fourth-order valence-corrected chi connectivity index (χ4v) is 4.97. The number of sulfonamides is 1. The molecule has 2 heterocycles. The van der Waals surface area contributed by atoms with Crippen LogP contribution in [0.3, 0.4) is 0 Å². The summed E-state index contributed by atoms with van der Waals surface area (Å²) in [6, 6.07) is 3.50. The summed E-state index contributed by atoms with van der Waals surface area (Å²) in [5.41, 5.74) is -0.800. The van der Waals surface area contributed by atoms with Crippen molar-refractivity contribution in [2.75, 3.05) is 20.1 Å². The molecule has 0 N–H and O–H groups in total. The van der Waals surface area contributed by atoms with Gasteiger partial charge in [0.1, 0.15) is 16.2 Å². The van der Waals surface area contributed by atoms with Gasteiger partial charge in [0, 0.05) is 26.2 Å². The predicted molar refractivity (Wildman–Crippen MR) is 85.7 cm³/mol. The number of hydrogen-bond donors (Lipinski definition) is 0. The van der Waals surface area contributed by atoms with Crippen LogP contribution in [0.4, 0.5) is 0 Å². The Labute approximate surface area is 141 Å². The van der Waals surface area contributed by atoms with Crippen molar-refractivity contribution in [3.8, 4) is 6.07 Å². The number of aryl methyl sites for hydroxylation is 1. The maximum Gasteiger partial charge on any atom is 0.290 e. The zero-order valence-electron chi connectivity index (χ0n) is 13.9. The molecule has 130 valence electrons. The first-order chi connectivity index (χ1) is 11.3. The minimum Gasteiger partial charge on any atom is -0.455 e. The van der Waals surface area contributed by atoms with Gasteiger partial charge in [-0.15, -0.1) is 0 Å². The Kier molecular flexibility index (Phi) is 4.18. The number of rotatable bonds is 4. The summed E-state index contributed by atoms with van der Waals surface area (Å²) in [6.45, 7) is 2.53. The standard InChI is InChI=1S/C16H21N3O4S/c1-12-14(24(21,22)19-8-3-4-9-19)10-13(23-12)15(20)18(2)16(11-17)6-5-7-16/h10H,3-9H2,1-2H3. The summed E-state index contributed by atoms with van der Waals surface area (Å²) in [6.07, 6.45) is 3.84. The molecule has 2 aliphatic rings. The van der Waals surface area contributed by atoms with E-state index in [0.717, 1.165) is 19.3 Å². The van der Waals surface area contributed by atoms with Crippen LogP contribution in [0, 0.1) is 18.3 Å². The van der Waals surface area contributed by atoms with E-state index in [4.69, 9.17) is 4.42 Å². The van der Waals surface area contributed by atoms with Crippen molar-refractivity contribution in [1.82, 2.24) is 9.21 Å². The molecule has 0 unspecified atom stereocenters. The highest BCUT2D eigenvalue weighted by molar-refractivity contribution is 7.89. The van der Waals surface area contributed by atoms with E-state index in [0.29, 0.717) is 25.9 Å². The Morgan fingerprint density at radius 3 is 2.46 bits per heavy atom. The summed E-state index contributed by atoms with van der Waals surface area (Å²) >= 11 is 0. The summed E-state index contributed by atoms with van der Waals surface area (Å²) in [5.74, 6) is -0.283. The van der Waals surface area contributed by atoms with E-state index in [-0.39, 0.29) is 16.4 Å². The summed E-state index contributed by atoms with van der Waals surface area (Å²) in [5, 5.41) is 9.36. The van der Waals surface area contributed by atoms with Crippen molar-refractivity contribution < 1.29 is 17.6 Å². The molecule has 2 fully saturated rings. The van der Waals surface area contributed by atoms with Crippen LogP contribution in [0.2, 0.25) is 0 Å². The summed E-state index contributed by atoms with van der Waals surface area (Å²) < 4.78 is 32.2. The topological polar surface area (TPSA) is 94.6 Å². The number of carbonyl (C=O) groups is 1. The molecule has 1 saturated heterocycles. The van der Waals surface area contributed by atoms with Crippen LogP contribution in [0.1, 0.15) is 48.4 Å². The fourth-order valence-electron chi connectivity index (χ4n) is 3.29. The average molecular weight is 351 g/mol. The Balaban J connectivity index is 1.89. The smallest absolute Gasteiger partial charge is 0.290 e. The number of nitrogens with zero attached hydrogens (tertiary/aromatic N) is 3. The van der Waals surface area contributed by atoms with Gasteiger partial charge in [0.2, 0.25) is 10.0 Å². The molecule has 7 nitrogen and oxygen atoms in total. The summed E-state index contributed by atoms with van der Waals surface area (Å²) in [7, 11) is -2.07. The lowest BCUT2D eigenvalue weighted by molar-refractivity contribution is 0.0465. The zero-order valence-corrected chi connectivity index (χ0v) is 14.7. The molecule has 8 heteroatoms. The van der Waals surface area contributed by atoms with Crippen molar-refractivity contribution in [2.45, 2.75) is 49.5 Å². The van der Waals surface area contributed by atoms with Crippen LogP contribution in [-0.2, 0) is 10.0 Å². The van der Waals surface area contributed by atoms with Gasteiger partial charge in [-0.3, -0.25) is 4.79 Å². The van der Waals surface area contributed by atoms with Gasteiger partial charge in [0.15, 0.2) is 5.76 Å². The highest BCUT2D eigenvalue weighted by Gasteiger charge is 2.44. The first-order valence-corrected chi connectivity index (χ1v) is 9.56. The maximum atomic E-state index is 12.7. The summed E-state index contributed by atoms with van der Waals surface area (Å²) in [4.78, 5) is 14.0. The van der Waals surface area contributed by atoms with E-state index in [1.807, 2.05) is 0 Å². The van der Waals surface area contributed by atoms with Gasteiger partial charge in [-0.05, 0) is 39.0 Å². The lowest BCUT2D eigenvalue weighted by atomic mass is 9.76. The molecule has 0 spiro atoms. The van der Waals surface area contributed by atoms with E-state index in [1.54, 1.807) is 14.0 Å². The second kappa shape index (κ2) is 5.90. The van der Waals surface area contributed by atoms with Crippen molar-refractivity contribution >= 4 is 15.9 Å². The third kappa shape index (κ3) is 2.52. The largest absolute Gasteiger partial charge is 0.455 e. The van der Waals surface area contributed by atoms with Gasteiger partial charge < -0.3 is 9.32 Å². The van der Waals surface area contributed by atoms with E-state index >= 15 is 0 Å². The molecule has 1 saturated carbocycles.